The number of carbonyl (C=O) groups excluding carboxylic acids is 3. The molecule has 0 amide bonds. The first kappa shape index (κ1) is 76.1. The number of ether oxygens (including phenoxy) is 3. The fourth-order valence-corrected chi connectivity index (χ4v) is 9.46. The maximum Gasteiger partial charge on any atom is 0.306 e. The third-order valence-corrected chi connectivity index (χ3v) is 14.5. The average molecular weight is 1110 g/mol. The van der Waals surface area contributed by atoms with Crippen molar-refractivity contribution in [1.29, 1.82) is 0 Å². The second kappa shape index (κ2) is 67.6. The van der Waals surface area contributed by atoms with Crippen LogP contribution in [0, 0.1) is 0 Å². The summed E-state index contributed by atoms with van der Waals surface area (Å²) < 4.78 is 16.9. The van der Waals surface area contributed by atoms with Crippen molar-refractivity contribution in [2.75, 3.05) is 13.2 Å². The topological polar surface area (TPSA) is 78.9 Å². The molecule has 1 unspecified atom stereocenters. The number of hydrogen-bond donors (Lipinski definition) is 0. The molecule has 0 aliphatic heterocycles. The lowest BCUT2D eigenvalue weighted by Gasteiger charge is -2.18. The standard InChI is InChI=1S/C74H126O6/c1-4-7-10-13-16-19-22-25-28-31-34-36-37-38-41-43-46-49-52-55-58-61-64-67-73(76)79-70-71(69-78-72(75)66-63-60-57-54-51-48-45-42-39-33-30-27-24-21-18-15-12-9-6-3)80-74(77)68-65-62-59-56-53-50-47-44-40-35-32-29-26-23-20-17-14-11-8-5-2/h7,10,16,18-19,21,25,27-28,30,34,36,38,41,46,49,55,58,71H,4-6,8-9,11-15,17,20,22-24,26,29,31-33,35,37,39-40,42-45,47-48,50-54,56-57,59-70H2,1-3H3/b10-7-,19-16-,21-18-,28-25-,30-27-,36-34-,41-38-,49-46-,58-55-. The Morgan fingerprint density at radius 1 is 0.263 bits per heavy atom. The second-order valence-corrected chi connectivity index (χ2v) is 22.4. The number of rotatable bonds is 61. The molecule has 0 aliphatic rings. The maximum atomic E-state index is 12.9. The molecule has 0 heterocycles. The Balaban J connectivity index is 4.47. The fourth-order valence-electron chi connectivity index (χ4n) is 9.46. The number of unbranched alkanes of at least 4 members (excludes halogenated alkanes) is 32. The highest BCUT2D eigenvalue weighted by atomic mass is 16.6. The van der Waals surface area contributed by atoms with Gasteiger partial charge in [0.05, 0.1) is 0 Å². The Morgan fingerprint density at radius 2 is 0.500 bits per heavy atom. The molecule has 0 aromatic carbocycles. The van der Waals surface area contributed by atoms with Gasteiger partial charge in [-0.25, -0.2) is 0 Å². The number of allylic oxidation sites excluding steroid dienone is 18. The van der Waals surface area contributed by atoms with Crippen LogP contribution in [0.4, 0.5) is 0 Å². The minimum absolute atomic E-state index is 0.0968. The van der Waals surface area contributed by atoms with Gasteiger partial charge in [0.1, 0.15) is 13.2 Å². The molecule has 0 saturated carbocycles. The van der Waals surface area contributed by atoms with E-state index in [1.165, 1.54) is 180 Å². The maximum absolute atomic E-state index is 12.9. The summed E-state index contributed by atoms with van der Waals surface area (Å²) in [6.07, 6.45) is 92.4. The molecule has 0 spiro atoms. The Morgan fingerprint density at radius 3 is 0.838 bits per heavy atom. The van der Waals surface area contributed by atoms with E-state index >= 15 is 0 Å². The lowest BCUT2D eigenvalue weighted by atomic mass is 10.0. The molecule has 0 rings (SSSR count). The highest BCUT2D eigenvalue weighted by Gasteiger charge is 2.19. The van der Waals surface area contributed by atoms with Crippen molar-refractivity contribution in [3.63, 3.8) is 0 Å². The smallest absolute Gasteiger partial charge is 0.306 e. The van der Waals surface area contributed by atoms with E-state index in [1.807, 2.05) is 0 Å². The zero-order chi connectivity index (χ0) is 57.8. The van der Waals surface area contributed by atoms with Gasteiger partial charge in [0.25, 0.3) is 0 Å². The molecule has 0 fully saturated rings. The van der Waals surface area contributed by atoms with E-state index in [2.05, 4.69) is 130 Å². The Labute approximate surface area is 495 Å². The third kappa shape index (κ3) is 64.9. The van der Waals surface area contributed by atoms with Crippen LogP contribution < -0.4 is 0 Å². The molecule has 0 N–H and O–H groups in total. The molecule has 0 radical (unpaired) electrons. The van der Waals surface area contributed by atoms with Crippen molar-refractivity contribution in [3.05, 3.63) is 109 Å². The van der Waals surface area contributed by atoms with Crippen molar-refractivity contribution in [2.24, 2.45) is 0 Å². The summed E-state index contributed by atoms with van der Waals surface area (Å²) in [6.45, 7) is 6.49. The van der Waals surface area contributed by atoms with E-state index in [4.69, 9.17) is 14.2 Å². The summed E-state index contributed by atoms with van der Waals surface area (Å²) >= 11 is 0. The van der Waals surface area contributed by atoms with Crippen LogP contribution in [0.2, 0.25) is 0 Å². The van der Waals surface area contributed by atoms with E-state index in [0.29, 0.717) is 19.3 Å². The zero-order valence-corrected chi connectivity index (χ0v) is 52.6. The van der Waals surface area contributed by atoms with Gasteiger partial charge in [-0.05, 0) is 103 Å². The van der Waals surface area contributed by atoms with Crippen LogP contribution in [0.5, 0.6) is 0 Å². The zero-order valence-electron chi connectivity index (χ0n) is 52.6. The van der Waals surface area contributed by atoms with Gasteiger partial charge in [-0.15, -0.1) is 0 Å². The molecule has 0 bridgehead atoms. The second-order valence-electron chi connectivity index (χ2n) is 22.4. The highest BCUT2D eigenvalue weighted by Crippen LogP contribution is 2.17. The highest BCUT2D eigenvalue weighted by molar-refractivity contribution is 5.71. The summed E-state index contributed by atoms with van der Waals surface area (Å²) in [5.74, 6) is -0.949. The minimum atomic E-state index is -0.805. The first-order valence-corrected chi connectivity index (χ1v) is 33.9. The number of esters is 3. The molecule has 0 aliphatic carbocycles. The normalized spacial score (nSPS) is 12.8. The van der Waals surface area contributed by atoms with Crippen LogP contribution in [0.1, 0.15) is 323 Å². The van der Waals surface area contributed by atoms with Gasteiger partial charge >= 0.3 is 17.9 Å². The number of carbonyl (C=O) groups is 3. The quantitative estimate of drug-likeness (QED) is 0.0261. The molecule has 80 heavy (non-hydrogen) atoms. The molecular formula is C74H126O6. The van der Waals surface area contributed by atoms with Gasteiger partial charge in [-0.3, -0.25) is 14.4 Å². The molecule has 1 atom stereocenters. The van der Waals surface area contributed by atoms with Gasteiger partial charge in [0.15, 0.2) is 6.10 Å². The Hall–Kier alpha value is -3.93. The molecule has 0 aromatic rings. The van der Waals surface area contributed by atoms with Crippen molar-refractivity contribution in [2.45, 2.75) is 329 Å². The number of hydrogen-bond acceptors (Lipinski definition) is 6. The summed E-state index contributed by atoms with van der Waals surface area (Å²) in [5, 5.41) is 0. The lowest BCUT2D eigenvalue weighted by Crippen LogP contribution is -2.30. The first-order valence-electron chi connectivity index (χ1n) is 33.9. The molecule has 6 nitrogen and oxygen atoms in total. The SMILES string of the molecule is CC/C=C\C/C=C\C/C=C\C/C=C\C/C=C\C/C=C\C/C=C\CCCC(=O)OCC(COC(=O)CCCCCCCCCCC/C=C\C/C=C\CCCCC)OC(=O)CCCCCCCCCCCCCCCCCCCCCC. The largest absolute Gasteiger partial charge is 0.462 e. The minimum Gasteiger partial charge on any atom is -0.462 e. The summed E-state index contributed by atoms with van der Waals surface area (Å²) in [7, 11) is 0. The van der Waals surface area contributed by atoms with Crippen LogP contribution in [0.3, 0.4) is 0 Å². The van der Waals surface area contributed by atoms with Gasteiger partial charge in [-0.2, -0.15) is 0 Å². The molecule has 0 saturated heterocycles. The summed E-state index contributed by atoms with van der Waals surface area (Å²) in [6, 6.07) is 0. The summed E-state index contributed by atoms with van der Waals surface area (Å²) in [5.41, 5.74) is 0. The molecule has 0 aromatic heterocycles. The van der Waals surface area contributed by atoms with Crippen molar-refractivity contribution >= 4 is 17.9 Å². The predicted molar refractivity (Wildman–Crippen MR) is 348 cm³/mol. The van der Waals surface area contributed by atoms with Gasteiger partial charge in [0.2, 0.25) is 0 Å². The predicted octanol–water partition coefficient (Wildman–Crippen LogP) is 23.4. The van der Waals surface area contributed by atoms with E-state index < -0.39 is 6.10 Å². The fraction of sp³-hybridized carbons (Fsp3) is 0.716. The van der Waals surface area contributed by atoms with E-state index in [1.54, 1.807) is 0 Å². The van der Waals surface area contributed by atoms with Crippen LogP contribution in [0.25, 0.3) is 0 Å². The van der Waals surface area contributed by atoms with Crippen molar-refractivity contribution in [3.8, 4) is 0 Å². The average Bonchev–Trinajstić information content (AvgIpc) is 3.46. The molecule has 458 valence electrons. The van der Waals surface area contributed by atoms with Gasteiger partial charge in [-0.1, -0.05) is 310 Å². The Bertz CT molecular complexity index is 1610. The first-order chi connectivity index (χ1) is 39.5. The monoisotopic (exact) mass is 1110 g/mol. The van der Waals surface area contributed by atoms with Crippen LogP contribution in [-0.2, 0) is 28.6 Å². The van der Waals surface area contributed by atoms with E-state index in [9.17, 15) is 14.4 Å². The van der Waals surface area contributed by atoms with Crippen molar-refractivity contribution in [1.82, 2.24) is 0 Å². The third-order valence-electron chi connectivity index (χ3n) is 14.5. The molecule has 6 heteroatoms. The van der Waals surface area contributed by atoms with E-state index in [0.717, 1.165) is 96.3 Å². The van der Waals surface area contributed by atoms with Crippen LogP contribution in [0.15, 0.2) is 109 Å². The Kier molecular flexibility index (Phi) is 64.3. The summed E-state index contributed by atoms with van der Waals surface area (Å²) in [4.78, 5) is 38.4. The van der Waals surface area contributed by atoms with Crippen LogP contribution >= 0.6 is 0 Å². The van der Waals surface area contributed by atoms with E-state index in [-0.39, 0.29) is 37.5 Å². The molecular weight excluding hydrogens is 985 g/mol. The van der Waals surface area contributed by atoms with Crippen LogP contribution in [-0.4, -0.2) is 37.2 Å². The van der Waals surface area contributed by atoms with Crippen molar-refractivity contribution < 1.29 is 28.6 Å². The lowest BCUT2D eigenvalue weighted by molar-refractivity contribution is -0.167. The van der Waals surface area contributed by atoms with Gasteiger partial charge < -0.3 is 14.2 Å². The van der Waals surface area contributed by atoms with Gasteiger partial charge in [0, 0.05) is 19.3 Å².